The summed E-state index contributed by atoms with van der Waals surface area (Å²) in [6.07, 6.45) is 0.852. The zero-order valence-electron chi connectivity index (χ0n) is 11.2. The van der Waals surface area contributed by atoms with Crippen molar-refractivity contribution >= 4 is 12.0 Å². The van der Waals surface area contributed by atoms with Gasteiger partial charge in [-0.3, -0.25) is 4.79 Å². The molecule has 1 unspecified atom stereocenters. The molecule has 0 aliphatic carbocycles. The molecule has 0 radical (unpaired) electrons. The number of carbonyl (C=O) groups excluding carboxylic acids is 1. The van der Waals surface area contributed by atoms with E-state index in [-0.39, 0.29) is 24.4 Å². The van der Waals surface area contributed by atoms with Gasteiger partial charge in [-0.25, -0.2) is 4.79 Å². The van der Waals surface area contributed by atoms with Crippen molar-refractivity contribution in [2.45, 2.75) is 46.6 Å². The molecule has 0 saturated carbocycles. The van der Waals surface area contributed by atoms with Crippen molar-refractivity contribution < 1.29 is 14.7 Å². The Hall–Kier alpha value is -1.26. The second-order valence-corrected chi connectivity index (χ2v) is 4.44. The Labute approximate surface area is 103 Å². The Balaban J connectivity index is 4.15. The lowest BCUT2D eigenvalue weighted by molar-refractivity contribution is -0.138. The van der Waals surface area contributed by atoms with E-state index in [2.05, 4.69) is 5.32 Å². The molecule has 2 N–H and O–H groups in total. The molecule has 0 spiro atoms. The van der Waals surface area contributed by atoms with Gasteiger partial charge in [0, 0.05) is 25.6 Å². The number of rotatable bonds is 7. The van der Waals surface area contributed by atoms with E-state index >= 15 is 0 Å². The lowest BCUT2D eigenvalue weighted by atomic mass is 10.0. The zero-order valence-corrected chi connectivity index (χ0v) is 11.2. The minimum Gasteiger partial charge on any atom is -0.481 e. The van der Waals surface area contributed by atoms with Crippen molar-refractivity contribution in [3.63, 3.8) is 0 Å². The van der Waals surface area contributed by atoms with Crippen LogP contribution in [0.2, 0.25) is 0 Å². The Morgan fingerprint density at radius 1 is 1.29 bits per heavy atom. The van der Waals surface area contributed by atoms with Gasteiger partial charge in [0.2, 0.25) is 0 Å². The van der Waals surface area contributed by atoms with Crippen molar-refractivity contribution in [3.8, 4) is 0 Å². The smallest absolute Gasteiger partial charge is 0.317 e. The molecular weight excluding hydrogens is 220 g/mol. The van der Waals surface area contributed by atoms with E-state index in [0.717, 1.165) is 6.42 Å². The first-order valence-electron chi connectivity index (χ1n) is 6.18. The third-order valence-electron chi connectivity index (χ3n) is 2.81. The summed E-state index contributed by atoms with van der Waals surface area (Å²) >= 11 is 0. The first kappa shape index (κ1) is 15.7. The fourth-order valence-corrected chi connectivity index (χ4v) is 1.68. The highest BCUT2D eigenvalue weighted by Gasteiger charge is 2.17. The molecule has 0 aliphatic heterocycles. The van der Waals surface area contributed by atoms with Crippen LogP contribution in [0.5, 0.6) is 0 Å². The lowest BCUT2D eigenvalue weighted by Crippen LogP contribution is -2.45. The lowest BCUT2D eigenvalue weighted by Gasteiger charge is -2.26. The summed E-state index contributed by atoms with van der Waals surface area (Å²) in [5, 5.41) is 11.5. The van der Waals surface area contributed by atoms with Gasteiger partial charge in [-0.2, -0.15) is 0 Å². The Morgan fingerprint density at radius 3 is 2.24 bits per heavy atom. The second-order valence-electron chi connectivity index (χ2n) is 4.44. The first-order chi connectivity index (χ1) is 7.92. The maximum atomic E-state index is 11.8. The van der Waals surface area contributed by atoms with Gasteiger partial charge in [-0.1, -0.05) is 13.3 Å². The average molecular weight is 244 g/mol. The molecule has 5 heteroatoms. The molecule has 0 aliphatic rings. The van der Waals surface area contributed by atoms with E-state index < -0.39 is 5.97 Å². The van der Waals surface area contributed by atoms with Crippen molar-refractivity contribution in [2.24, 2.45) is 5.92 Å². The van der Waals surface area contributed by atoms with E-state index in [1.54, 1.807) is 4.90 Å². The summed E-state index contributed by atoms with van der Waals surface area (Å²) in [5.74, 6) is -0.815. The minimum absolute atomic E-state index is 0.00215. The predicted molar refractivity (Wildman–Crippen MR) is 66.9 cm³/mol. The van der Waals surface area contributed by atoms with E-state index in [4.69, 9.17) is 5.11 Å². The van der Waals surface area contributed by atoms with Crippen molar-refractivity contribution in [3.05, 3.63) is 0 Å². The Morgan fingerprint density at radius 2 is 1.88 bits per heavy atom. The topological polar surface area (TPSA) is 69.6 Å². The fraction of sp³-hybridized carbons (Fsp3) is 0.833. The van der Waals surface area contributed by atoms with Crippen LogP contribution >= 0.6 is 0 Å². The highest BCUT2D eigenvalue weighted by Crippen LogP contribution is 2.07. The van der Waals surface area contributed by atoms with Gasteiger partial charge in [-0.05, 0) is 26.7 Å². The molecule has 2 amide bonds. The third kappa shape index (κ3) is 6.14. The molecule has 0 heterocycles. The summed E-state index contributed by atoms with van der Waals surface area (Å²) in [6, 6.07) is 0.0332. The van der Waals surface area contributed by atoms with Gasteiger partial charge in [0.05, 0.1) is 0 Å². The summed E-state index contributed by atoms with van der Waals surface area (Å²) < 4.78 is 0. The predicted octanol–water partition coefficient (Wildman–Crippen LogP) is 1.93. The molecule has 0 saturated heterocycles. The van der Waals surface area contributed by atoms with Crippen molar-refractivity contribution in [2.75, 3.05) is 13.1 Å². The number of carbonyl (C=O) groups is 2. The van der Waals surface area contributed by atoms with Crippen LogP contribution in [0.1, 0.15) is 40.5 Å². The number of aliphatic carboxylic acids is 1. The maximum absolute atomic E-state index is 11.8. The average Bonchev–Trinajstić information content (AvgIpc) is 2.24. The number of nitrogens with one attached hydrogen (secondary N) is 1. The van der Waals surface area contributed by atoms with Gasteiger partial charge in [-0.15, -0.1) is 0 Å². The third-order valence-corrected chi connectivity index (χ3v) is 2.81. The van der Waals surface area contributed by atoms with E-state index in [1.165, 1.54) is 0 Å². The van der Waals surface area contributed by atoms with Gasteiger partial charge in [0.1, 0.15) is 0 Å². The first-order valence-corrected chi connectivity index (χ1v) is 6.18. The summed E-state index contributed by atoms with van der Waals surface area (Å²) in [6.45, 7) is 8.84. The maximum Gasteiger partial charge on any atom is 0.317 e. The molecule has 0 aromatic heterocycles. The van der Waals surface area contributed by atoms with Gasteiger partial charge in [0.25, 0.3) is 0 Å². The van der Waals surface area contributed by atoms with E-state index in [9.17, 15) is 9.59 Å². The van der Waals surface area contributed by atoms with Crippen LogP contribution in [0.25, 0.3) is 0 Å². The Kier molecular flexibility index (Phi) is 7.34. The molecular formula is C12H24N2O3. The molecule has 0 fully saturated rings. The van der Waals surface area contributed by atoms with Crippen LogP contribution in [-0.4, -0.2) is 41.1 Å². The normalized spacial score (nSPS) is 12.3. The van der Waals surface area contributed by atoms with Crippen LogP contribution in [0.15, 0.2) is 0 Å². The molecule has 0 bridgehead atoms. The fourth-order valence-electron chi connectivity index (χ4n) is 1.68. The van der Waals surface area contributed by atoms with Crippen molar-refractivity contribution in [1.82, 2.24) is 10.2 Å². The van der Waals surface area contributed by atoms with Gasteiger partial charge >= 0.3 is 12.0 Å². The number of amides is 2. The Bertz CT molecular complexity index is 254. The van der Waals surface area contributed by atoms with Crippen LogP contribution in [0.4, 0.5) is 4.79 Å². The van der Waals surface area contributed by atoms with Crippen molar-refractivity contribution in [1.29, 1.82) is 0 Å². The monoisotopic (exact) mass is 244 g/mol. The number of carboxylic acids is 1. The van der Waals surface area contributed by atoms with E-state index in [1.807, 2.05) is 27.7 Å². The quantitative estimate of drug-likeness (QED) is 0.719. The molecule has 1 atom stereocenters. The minimum atomic E-state index is -0.817. The molecule has 100 valence electrons. The number of hydrogen-bond acceptors (Lipinski definition) is 2. The largest absolute Gasteiger partial charge is 0.481 e. The molecule has 0 rings (SSSR count). The van der Waals surface area contributed by atoms with Gasteiger partial charge < -0.3 is 15.3 Å². The summed E-state index contributed by atoms with van der Waals surface area (Å²) in [7, 11) is 0. The molecule has 5 nitrogen and oxygen atoms in total. The molecule has 0 aromatic rings. The summed E-state index contributed by atoms with van der Waals surface area (Å²) in [4.78, 5) is 24.1. The number of carboxylic acid groups (broad SMARTS) is 1. The number of urea groups is 1. The molecule has 0 aromatic carbocycles. The van der Waals surface area contributed by atoms with Gasteiger partial charge in [0.15, 0.2) is 0 Å². The van der Waals surface area contributed by atoms with Crippen LogP contribution < -0.4 is 5.32 Å². The summed E-state index contributed by atoms with van der Waals surface area (Å²) in [5.41, 5.74) is 0. The second kappa shape index (κ2) is 7.92. The van der Waals surface area contributed by atoms with Crippen LogP contribution in [0, 0.1) is 5.92 Å². The SMILES string of the molecule is CCC(CNC(=O)N(CC)C(C)C)CC(=O)O. The standard InChI is InChI=1S/C12H24N2O3/c1-5-10(7-11(15)16)8-13-12(17)14(6-2)9(3)4/h9-10H,5-8H2,1-4H3,(H,13,17)(H,15,16). The zero-order chi connectivity index (χ0) is 13.4. The van der Waals surface area contributed by atoms with Crippen LogP contribution in [0.3, 0.4) is 0 Å². The highest BCUT2D eigenvalue weighted by atomic mass is 16.4. The van der Waals surface area contributed by atoms with E-state index in [0.29, 0.717) is 13.1 Å². The molecule has 17 heavy (non-hydrogen) atoms. The number of hydrogen-bond donors (Lipinski definition) is 2. The van der Waals surface area contributed by atoms with Crippen LogP contribution in [-0.2, 0) is 4.79 Å². The number of nitrogens with zero attached hydrogens (tertiary/aromatic N) is 1. The highest BCUT2D eigenvalue weighted by molar-refractivity contribution is 5.74.